The van der Waals surface area contributed by atoms with Crippen molar-refractivity contribution in [3.8, 4) is 0 Å². The molecule has 8 nitrogen and oxygen atoms in total. The van der Waals surface area contributed by atoms with E-state index in [1.807, 2.05) is 23.7 Å². The lowest BCUT2D eigenvalue weighted by Crippen LogP contribution is -2.40. The van der Waals surface area contributed by atoms with E-state index in [0.29, 0.717) is 6.42 Å². The predicted molar refractivity (Wildman–Crippen MR) is 90.5 cm³/mol. The van der Waals surface area contributed by atoms with Crippen molar-refractivity contribution in [3.05, 3.63) is 57.4 Å². The van der Waals surface area contributed by atoms with Gasteiger partial charge in [0.2, 0.25) is 0 Å². The van der Waals surface area contributed by atoms with Gasteiger partial charge in [-0.1, -0.05) is 0 Å². The summed E-state index contributed by atoms with van der Waals surface area (Å²) in [6.07, 6.45) is 4.22. The lowest BCUT2D eigenvalue weighted by Gasteiger charge is -2.25. The van der Waals surface area contributed by atoms with Crippen molar-refractivity contribution in [1.82, 2.24) is 29.7 Å². The van der Waals surface area contributed by atoms with E-state index in [1.54, 1.807) is 0 Å². The highest BCUT2D eigenvalue weighted by Crippen LogP contribution is 2.22. The van der Waals surface area contributed by atoms with Crippen LogP contribution in [0.25, 0.3) is 5.65 Å². The largest absolute Gasteiger partial charge is 0.348 e. The molecule has 0 bridgehead atoms. The van der Waals surface area contributed by atoms with Gasteiger partial charge in [-0.2, -0.15) is 10.2 Å². The minimum atomic E-state index is -0.270. The van der Waals surface area contributed by atoms with Crippen LogP contribution in [0.3, 0.4) is 0 Å². The first-order valence-electron chi connectivity index (χ1n) is 8.19. The summed E-state index contributed by atoms with van der Waals surface area (Å²) in [7, 11) is 1.53. The number of fused-ring (bicyclic) bond motifs is 3. The van der Waals surface area contributed by atoms with Gasteiger partial charge in [-0.25, -0.2) is 14.2 Å². The molecule has 3 aromatic heterocycles. The molecule has 0 fully saturated rings. The van der Waals surface area contributed by atoms with Gasteiger partial charge in [-0.05, 0) is 37.8 Å². The van der Waals surface area contributed by atoms with Crippen molar-refractivity contribution in [1.29, 1.82) is 0 Å². The summed E-state index contributed by atoms with van der Waals surface area (Å²) in [5, 5.41) is 11.5. The standard InChI is InChI=1S/C17H18N6O2/c1-10-7-15-18-9-11-8-12(3-5-14(11)23(15)20-10)19-17(25)13-4-6-16(24)22(2)21-13/h4,6-7,9,12H,3,5,8H2,1-2H3,(H,19,25). The van der Waals surface area contributed by atoms with Crippen molar-refractivity contribution < 1.29 is 4.79 Å². The van der Waals surface area contributed by atoms with Crippen LogP contribution in [0.1, 0.15) is 33.9 Å². The molecule has 1 atom stereocenters. The first-order chi connectivity index (χ1) is 12.0. The number of nitrogens with one attached hydrogen (secondary N) is 1. The third-order valence-corrected chi connectivity index (χ3v) is 4.52. The number of rotatable bonds is 2. The molecule has 3 heterocycles. The molecular formula is C17H18N6O2. The Labute approximate surface area is 143 Å². The molecule has 0 spiro atoms. The van der Waals surface area contributed by atoms with Crippen LogP contribution in [0.4, 0.5) is 0 Å². The first-order valence-corrected chi connectivity index (χ1v) is 8.19. The van der Waals surface area contributed by atoms with E-state index in [0.717, 1.165) is 40.1 Å². The first kappa shape index (κ1) is 15.5. The van der Waals surface area contributed by atoms with Gasteiger partial charge in [0.1, 0.15) is 5.69 Å². The van der Waals surface area contributed by atoms with Crippen LogP contribution in [0.15, 0.2) is 29.2 Å². The van der Waals surface area contributed by atoms with Crippen LogP contribution in [-0.4, -0.2) is 36.3 Å². The molecule has 1 unspecified atom stereocenters. The minimum absolute atomic E-state index is 0.00921. The highest BCUT2D eigenvalue weighted by molar-refractivity contribution is 5.92. The fourth-order valence-corrected chi connectivity index (χ4v) is 3.25. The molecule has 0 radical (unpaired) electrons. The Hall–Kier alpha value is -3.03. The van der Waals surface area contributed by atoms with Crippen molar-refractivity contribution in [2.24, 2.45) is 7.05 Å². The SMILES string of the molecule is Cc1cc2ncc3c(n2n1)CCC(NC(=O)c1ccc(=O)n(C)n1)C3. The van der Waals surface area contributed by atoms with E-state index in [9.17, 15) is 9.59 Å². The lowest BCUT2D eigenvalue weighted by atomic mass is 9.92. The van der Waals surface area contributed by atoms with Crippen molar-refractivity contribution in [2.45, 2.75) is 32.2 Å². The second-order valence-electron chi connectivity index (χ2n) is 6.38. The Morgan fingerprint density at radius 3 is 2.96 bits per heavy atom. The summed E-state index contributed by atoms with van der Waals surface area (Å²) >= 11 is 0. The Kier molecular flexibility index (Phi) is 3.60. The topological polar surface area (TPSA) is 94.2 Å². The van der Waals surface area contributed by atoms with E-state index in [4.69, 9.17) is 0 Å². The average Bonchev–Trinajstić information content (AvgIpc) is 2.97. The summed E-state index contributed by atoms with van der Waals surface area (Å²) in [4.78, 5) is 28.2. The number of carbonyl (C=O) groups is 1. The summed E-state index contributed by atoms with van der Waals surface area (Å²) in [5.74, 6) is -0.270. The molecule has 1 amide bonds. The zero-order valence-electron chi connectivity index (χ0n) is 14.1. The van der Waals surface area contributed by atoms with Crippen LogP contribution < -0.4 is 10.9 Å². The smallest absolute Gasteiger partial charge is 0.271 e. The number of hydrogen-bond donors (Lipinski definition) is 1. The molecule has 128 valence electrons. The van der Waals surface area contributed by atoms with Crippen molar-refractivity contribution >= 4 is 11.6 Å². The van der Waals surface area contributed by atoms with E-state index < -0.39 is 0 Å². The highest BCUT2D eigenvalue weighted by atomic mass is 16.2. The maximum Gasteiger partial charge on any atom is 0.271 e. The highest BCUT2D eigenvalue weighted by Gasteiger charge is 2.24. The summed E-state index contributed by atoms with van der Waals surface area (Å²) < 4.78 is 3.06. The second-order valence-corrected chi connectivity index (χ2v) is 6.38. The molecule has 0 saturated carbocycles. The molecule has 8 heteroatoms. The van der Waals surface area contributed by atoms with Gasteiger partial charge in [-0.15, -0.1) is 0 Å². The van der Waals surface area contributed by atoms with Gasteiger partial charge < -0.3 is 5.32 Å². The fourth-order valence-electron chi connectivity index (χ4n) is 3.25. The normalized spacial score (nSPS) is 16.6. The number of hydrogen-bond acceptors (Lipinski definition) is 5. The third-order valence-electron chi connectivity index (χ3n) is 4.52. The van der Waals surface area contributed by atoms with E-state index in [1.165, 1.54) is 19.2 Å². The van der Waals surface area contributed by atoms with E-state index >= 15 is 0 Å². The van der Waals surface area contributed by atoms with Crippen molar-refractivity contribution in [2.75, 3.05) is 0 Å². The molecule has 1 N–H and O–H groups in total. The fraction of sp³-hybridized carbons (Fsp3) is 0.353. The molecule has 1 aliphatic rings. The van der Waals surface area contributed by atoms with Crippen LogP contribution in [0, 0.1) is 6.92 Å². The molecule has 0 aliphatic heterocycles. The van der Waals surface area contributed by atoms with Crippen molar-refractivity contribution in [3.63, 3.8) is 0 Å². The zero-order chi connectivity index (χ0) is 17.6. The maximum absolute atomic E-state index is 12.4. The molecular weight excluding hydrogens is 320 g/mol. The summed E-state index contributed by atoms with van der Waals surface area (Å²) in [6, 6.07) is 4.76. The van der Waals surface area contributed by atoms with Gasteiger partial charge in [0.15, 0.2) is 5.65 Å². The van der Waals surface area contributed by atoms with Crippen LogP contribution >= 0.6 is 0 Å². The van der Waals surface area contributed by atoms with Gasteiger partial charge in [0.05, 0.1) is 5.69 Å². The van der Waals surface area contributed by atoms with Crippen LogP contribution in [-0.2, 0) is 19.9 Å². The maximum atomic E-state index is 12.4. The summed E-state index contributed by atoms with van der Waals surface area (Å²) in [5.41, 5.74) is 4.05. The molecule has 1 aliphatic carbocycles. The molecule has 4 rings (SSSR count). The number of amides is 1. The van der Waals surface area contributed by atoms with E-state index in [-0.39, 0.29) is 23.2 Å². The van der Waals surface area contributed by atoms with Crippen LogP contribution in [0.5, 0.6) is 0 Å². The van der Waals surface area contributed by atoms with Gasteiger partial charge in [-0.3, -0.25) is 9.59 Å². The quantitative estimate of drug-likeness (QED) is 0.731. The van der Waals surface area contributed by atoms with Gasteiger partial charge >= 0.3 is 0 Å². The Balaban J connectivity index is 1.54. The Morgan fingerprint density at radius 2 is 2.16 bits per heavy atom. The predicted octanol–water partition coefficient (Wildman–Crippen LogP) is 0.419. The summed E-state index contributed by atoms with van der Waals surface area (Å²) in [6.45, 7) is 1.95. The third kappa shape index (κ3) is 2.79. The Morgan fingerprint density at radius 1 is 1.32 bits per heavy atom. The number of aromatic nitrogens is 5. The van der Waals surface area contributed by atoms with Crippen LogP contribution in [0.2, 0.25) is 0 Å². The monoisotopic (exact) mass is 338 g/mol. The zero-order valence-corrected chi connectivity index (χ0v) is 14.1. The second kappa shape index (κ2) is 5.80. The lowest BCUT2D eigenvalue weighted by molar-refractivity contribution is 0.0926. The molecule has 0 saturated heterocycles. The number of carbonyl (C=O) groups excluding carboxylic acids is 1. The number of nitrogens with zero attached hydrogens (tertiary/aromatic N) is 5. The average molecular weight is 338 g/mol. The Bertz CT molecular complexity index is 1040. The molecule has 0 aromatic carbocycles. The van der Waals surface area contributed by atoms with Gasteiger partial charge in [0, 0.05) is 37.1 Å². The molecule has 25 heavy (non-hydrogen) atoms. The van der Waals surface area contributed by atoms with Gasteiger partial charge in [0.25, 0.3) is 11.5 Å². The number of aryl methyl sites for hydroxylation is 3. The van der Waals surface area contributed by atoms with E-state index in [2.05, 4.69) is 20.5 Å². The molecule has 3 aromatic rings. The minimum Gasteiger partial charge on any atom is -0.348 e.